The minimum absolute atomic E-state index is 0.0954. The molecular formula is C18H23Cl2N3O2. The summed E-state index contributed by atoms with van der Waals surface area (Å²) >= 11 is 11.7. The Morgan fingerprint density at radius 3 is 2.28 bits per heavy atom. The van der Waals surface area contributed by atoms with Gasteiger partial charge in [-0.3, -0.25) is 9.59 Å². The first-order chi connectivity index (χ1) is 12.0. The molecule has 2 fully saturated rings. The molecule has 1 aliphatic heterocycles. The lowest BCUT2D eigenvalue weighted by atomic mass is 10.0. The minimum atomic E-state index is -0.0954. The van der Waals surface area contributed by atoms with E-state index in [0.717, 1.165) is 12.8 Å². The van der Waals surface area contributed by atoms with Crippen LogP contribution in [0.1, 0.15) is 55.3 Å². The number of pyridine rings is 1. The van der Waals surface area contributed by atoms with Crippen molar-refractivity contribution in [2.24, 2.45) is 5.92 Å². The molecule has 136 valence electrons. The average Bonchev–Trinajstić information content (AvgIpc) is 3.07. The number of nitrogens with one attached hydrogen (secondary N) is 1. The zero-order valence-corrected chi connectivity index (χ0v) is 15.7. The molecule has 1 aliphatic carbocycles. The van der Waals surface area contributed by atoms with Gasteiger partial charge in [-0.15, -0.1) is 0 Å². The van der Waals surface area contributed by atoms with E-state index in [9.17, 15) is 9.59 Å². The van der Waals surface area contributed by atoms with E-state index in [1.54, 1.807) is 4.90 Å². The van der Waals surface area contributed by atoms with Gasteiger partial charge in [0.05, 0.1) is 0 Å². The Balaban J connectivity index is 1.47. The normalized spacial score (nSPS) is 19.2. The molecule has 7 heteroatoms. The molecule has 0 bridgehead atoms. The highest BCUT2D eigenvalue weighted by Crippen LogP contribution is 2.27. The Hall–Kier alpha value is -1.33. The van der Waals surface area contributed by atoms with Gasteiger partial charge in [0.15, 0.2) is 0 Å². The molecule has 1 saturated heterocycles. The fraction of sp³-hybridized carbons (Fsp3) is 0.611. The zero-order valence-electron chi connectivity index (χ0n) is 14.1. The molecule has 0 radical (unpaired) electrons. The Morgan fingerprint density at radius 1 is 1.08 bits per heavy atom. The lowest BCUT2D eigenvalue weighted by Gasteiger charge is -2.32. The van der Waals surface area contributed by atoms with Crippen molar-refractivity contribution in [3.8, 4) is 0 Å². The number of piperidine rings is 1. The highest BCUT2D eigenvalue weighted by molar-refractivity contribution is 6.33. The number of aromatic nitrogens is 1. The number of hydrogen-bond donors (Lipinski definition) is 1. The number of hydrogen-bond acceptors (Lipinski definition) is 3. The smallest absolute Gasteiger partial charge is 0.254 e. The summed E-state index contributed by atoms with van der Waals surface area (Å²) in [6.07, 6.45) is 7.05. The van der Waals surface area contributed by atoms with Crippen molar-refractivity contribution in [1.29, 1.82) is 0 Å². The molecule has 1 aromatic rings. The van der Waals surface area contributed by atoms with Crippen molar-refractivity contribution in [3.63, 3.8) is 0 Å². The summed E-state index contributed by atoms with van der Waals surface area (Å²) in [6.45, 7) is 1.23. The maximum Gasteiger partial charge on any atom is 0.254 e. The molecule has 5 nitrogen and oxygen atoms in total. The number of likely N-dealkylation sites (tertiary alicyclic amines) is 1. The van der Waals surface area contributed by atoms with Crippen LogP contribution in [0.4, 0.5) is 0 Å². The van der Waals surface area contributed by atoms with Crippen LogP contribution in [0.3, 0.4) is 0 Å². The summed E-state index contributed by atoms with van der Waals surface area (Å²) < 4.78 is 0. The zero-order chi connectivity index (χ0) is 17.8. The number of carbonyl (C=O) groups is 2. The monoisotopic (exact) mass is 383 g/mol. The lowest BCUT2D eigenvalue weighted by Crippen LogP contribution is -2.46. The first kappa shape index (κ1) is 18.5. The molecule has 0 spiro atoms. The molecule has 25 heavy (non-hydrogen) atoms. The van der Waals surface area contributed by atoms with Crippen LogP contribution in [0.5, 0.6) is 0 Å². The number of nitrogens with zero attached hydrogens (tertiary/aromatic N) is 2. The minimum Gasteiger partial charge on any atom is -0.353 e. The number of carbonyl (C=O) groups excluding carboxylic acids is 2. The molecule has 0 unspecified atom stereocenters. The maximum atomic E-state index is 12.6. The quantitative estimate of drug-likeness (QED) is 0.806. The van der Waals surface area contributed by atoms with E-state index < -0.39 is 0 Å². The standard InChI is InChI=1S/C18H23Cl2N3O2/c19-15-10-13(11-16(20)22-15)18(25)23-7-5-14(6-8-23)21-17(24)9-12-3-1-2-4-12/h10-12,14H,1-9H2,(H,21,24). The van der Waals surface area contributed by atoms with Crippen molar-refractivity contribution >= 4 is 35.0 Å². The van der Waals surface area contributed by atoms with Crippen LogP contribution in [0, 0.1) is 5.92 Å². The van der Waals surface area contributed by atoms with Crippen LogP contribution in [0.2, 0.25) is 10.3 Å². The first-order valence-electron chi connectivity index (χ1n) is 8.93. The van der Waals surface area contributed by atoms with Gasteiger partial charge in [-0.2, -0.15) is 0 Å². The summed E-state index contributed by atoms with van der Waals surface area (Å²) in [6, 6.07) is 3.22. The van der Waals surface area contributed by atoms with Gasteiger partial charge in [0.1, 0.15) is 10.3 Å². The number of amides is 2. The van der Waals surface area contributed by atoms with E-state index in [2.05, 4.69) is 10.3 Å². The van der Waals surface area contributed by atoms with E-state index in [1.807, 2.05) is 0 Å². The third-order valence-electron chi connectivity index (χ3n) is 5.11. The van der Waals surface area contributed by atoms with E-state index in [1.165, 1.54) is 37.8 Å². The van der Waals surface area contributed by atoms with E-state index in [-0.39, 0.29) is 28.2 Å². The predicted molar refractivity (Wildman–Crippen MR) is 97.9 cm³/mol. The van der Waals surface area contributed by atoms with Gasteiger partial charge in [-0.05, 0) is 43.7 Å². The summed E-state index contributed by atoms with van der Waals surface area (Å²) in [7, 11) is 0. The average molecular weight is 384 g/mol. The summed E-state index contributed by atoms with van der Waals surface area (Å²) in [5.74, 6) is 0.620. The fourth-order valence-electron chi connectivity index (χ4n) is 3.76. The molecule has 0 aromatic carbocycles. The highest BCUT2D eigenvalue weighted by atomic mass is 35.5. The topological polar surface area (TPSA) is 62.3 Å². The number of halogens is 2. The Labute approximate surface area is 158 Å². The first-order valence-corrected chi connectivity index (χ1v) is 9.68. The second kappa shape index (κ2) is 8.37. The van der Waals surface area contributed by atoms with Gasteiger partial charge in [0.2, 0.25) is 5.91 Å². The molecular weight excluding hydrogens is 361 g/mol. The molecule has 1 aromatic heterocycles. The van der Waals surface area contributed by atoms with E-state index >= 15 is 0 Å². The van der Waals surface area contributed by atoms with Gasteiger partial charge in [-0.25, -0.2) is 4.98 Å². The fourth-order valence-corrected chi connectivity index (χ4v) is 4.22. The largest absolute Gasteiger partial charge is 0.353 e. The van der Waals surface area contributed by atoms with E-state index in [0.29, 0.717) is 31.0 Å². The Bertz CT molecular complexity index is 619. The van der Waals surface area contributed by atoms with Crippen LogP contribution in [-0.2, 0) is 4.79 Å². The Morgan fingerprint density at radius 2 is 1.68 bits per heavy atom. The van der Waals surface area contributed by atoms with Crippen molar-refractivity contribution in [3.05, 3.63) is 28.0 Å². The molecule has 1 N–H and O–H groups in total. The third kappa shape index (κ3) is 5.08. The van der Waals surface area contributed by atoms with Crippen molar-refractivity contribution in [2.45, 2.75) is 51.0 Å². The maximum absolute atomic E-state index is 12.6. The molecule has 3 rings (SSSR count). The molecule has 2 aliphatic rings. The summed E-state index contributed by atoms with van der Waals surface area (Å²) in [5.41, 5.74) is 0.453. The van der Waals surface area contributed by atoms with Gasteiger partial charge < -0.3 is 10.2 Å². The highest BCUT2D eigenvalue weighted by Gasteiger charge is 2.26. The van der Waals surface area contributed by atoms with Gasteiger partial charge in [0.25, 0.3) is 5.91 Å². The molecule has 1 saturated carbocycles. The van der Waals surface area contributed by atoms with Crippen molar-refractivity contribution in [1.82, 2.24) is 15.2 Å². The third-order valence-corrected chi connectivity index (χ3v) is 5.49. The lowest BCUT2D eigenvalue weighted by molar-refractivity contribution is -0.122. The SMILES string of the molecule is O=C(CC1CCCC1)NC1CCN(C(=O)c2cc(Cl)nc(Cl)c2)CC1. The van der Waals surface area contributed by atoms with Crippen LogP contribution < -0.4 is 5.32 Å². The van der Waals surface area contributed by atoms with Gasteiger partial charge in [-0.1, -0.05) is 36.0 Å². The van der Waals surface area contributed by atoms with Gasteiger partial charge in [0, 0.05) is 31.1 Å². The van der Waals surface area contributed by atoms with Crippen molar-refractivity contribution in [2.75, 3.05) is 13.1 Å². The van der Waals surface area contributed by atoms with Crippen LogP contribution in [0.25, 0.3) is 0 Å². The summed E-state index contributed by atoms with van der Waals surface area (Å²) in [5, 5.41) is 3.56. The predicted octanol–water partition coefficient (Wildman–Crippen LogP) is 3.69. The number of rotatable bonds is 4. The molecule has 2 heterocycles. The van der Waals surface area contributed by atoms with Crippen LogP contribution in [-0.4, -0.2) is 40.8 Å². The van der Waals surface area contributed by atoms with Crippen molar-refractivity contribution < 1.29 is 9.59 Å². The van der Waals surface area contributed by atoms with Crippen LogP contribution in [0.15, 0.2) is 12.1 Å². The molecule has 0 atom stereocenters. The second-order valence-electron chi connectivity index (χ2n) is 6.99. The second-order valence-corrected chi connectivity index (χ2v) is 7.76. The van der Waals surface area contributed by atoms with Crippen LogP contribution >= 0.6 is 23.2 Å². The van der Waals surface area contributed by atoms with E-state index in [4.69, 9.17) is 23.2 Å². The molecule has 2 amide bonds. The van der Waals surface area contributed by atoms with Gasteiger partial charge >= 0.3 is 0 Å². The summed E-state index contributed by atoms with van der Waals surface area (Å²) in [4.78, 5) is 30.3. The Kier molecular flexibility index (Phi) is 6.18.